The van der Waals surface area contributed by atoms with E-state index in [1.807, 2.05) is 11.9 Å². The summed E-state index contributed by atoms with van der Waals surface area (Å²) in [6.07, 6.45) is 0.0689. The normalized spacial score (nSPS) is 24.3. The second kappa shape index (κ2) is 5.35. The molecule has 1 saturated carbocycles. The number of hydrogen-bond donors (Lipinski definition) is 0. The number of halogens is 3. The Morgan fingerprint density at radius 2 is 1.95 bits per heavy atom. The molecule has 2 atom stereocenters. The van der Waals surface area contributed by atoms with Gasteiger partial charge >= 0.3 is 6.18 Å². The molecule has 0 spiro atoms. The van der Waals surface area contributed by atoms with Crippen molar-refractivity contribution in [3.8, 4) is 0 Å². The highest BCUT2D eigenvalue weighted by Crippen LogP contribution is 2.30. The molecule has 1 aliphatic rings. The molecule has 1 aromatic heterocycles. The second-order valence-corrected chi connectivity index (χ2v) is 5.31. The highest BCUT2D eigenvalue weighted by atomic mass is 19.4. The fourth-order valence-electron chi connectivity index (χ4n) is 2.61. The predicted octanol–water partition coefficient (Wildman–Crippen LogP) is 3.51. The van der Waals surface area contributed by atoms with Gasteiger partial charge in [-0.3, -0.25) is 0 Å². The minimum atomic E-state index is -4.43. The van der Waals surface area contributed by atoms with Gasteiger partial charge in [0.25, 0.3) is 0 Å². The molecule has 0 N–H and O–H groups in total. The highest BCUT2D eigenvalue weighted by molar-refractivity contribution is 5.38. The first-order valence-electron chi connectivity index (χ1n) is 6.51. The summed E-state index contributed by atoms with van der Waals surface area (Å²) in [6.45, 7) is 2.21. The molecule has 19 heavy (non-hydrogen) atoms. The zero-order chi connectivity index (χ0) is 14.0. The lowest BCUT2D eigenvalue weighted by atomic mass is 9.86. The van der Waals surface area contributed by atoms with Crippen molar-refractivity contribution in [2.75, 3.05) is 11.9 Å². The monoisotopic (exact) mass is 273 g/mol. The molecule has 1 aromatic rings. The number of anilines is 1. The molecule has 0 bridgehead atoms. The number of hydrogen-bond acceptors (Lipinski definition) is 3. The van der Waals surface area contributed by atoms with Crippen molar-refractivity contribution in [1.29, 1.82) is 0 Å². The third kappa shape index (κ3) is 3.36. The van der Waals surface area contributed by atoms with Crippen LogP contribution < -0.4 is 4.90 Å². The Hall–Kier alpha value is -1.33. The average molecular weight is 273 g/mol. The second-order valence-electron chi connectivity index (χ2n) is 5.31. The van der Waals surface area contributed by atoms with Crippen LogP contribution in [0.2, 0.25) is 0 Å². The summed E-state index contributed by atoms with van der Waals surface area (Å²) in [7, 11) is 1.87. The van der Waals surface area contributed by atoms with Crippen molar-refractivity contribution in [2.45, 2.75) is 44.8 Å². The topological polar surface area (TPSA) is 29.0 Å². The van der Waals surface area contributed by atoms with Crippen LogP contribution >= 0.6 is 0 Å². The van der Waals surface area contributed by atoms with E-state index in [0.717, 1.165) is 25.3 Å². The Morgan fingerprint density at radius 3 is 2.47 bits per heavy atom. The molecule has 0 amide bonds. The van der Waals surface area contributed by atoms with Gasteiger partial charge < -0.3 is 4.90 Å². The molecular weight excluding hydrogens is 255 g/mol. The quantitative estimate of drug-likeness (QED) is 0.825. The molecule has 6 heteroatoms. The summed E-state index contributed by atoms with van der Waals surface area (Å²) in [5.41, 5.74) is -0.943. The van der Waals surface area contributed by atoms with E-state index in [0.29, 0.717) is 17.8 Å². The van der Waals surface area contributed by atoms with E-state index in [1.54, 1.807) is 0 Å². The van der Waals surface area contributed by atoms with Crippen molar-refractivity contribution >= 4 is 5.82 Å². The number of rotatable bonds is 2. The fourth-order valence-corrected chi connectivity index (χ4v) is 2.61. The Morgan fingerprint density at radius 1 is 1.21 bits per heavy atom. The molecule has 106 valence electrons. The zero-order valence-corrected chi connectivity index (χ0v) is 11.1. The molecule has 1 fully saturated rings. The van der Waals surface area contributed by atoms with Gasteiger partial charge in [0.1, 0.15) is 0 Å². The summed E-state index contributed by atoms with van der Waals surface area (Å²) in [5, 5.41) is 6.97. The standard InChI is InChI=1S/C13H18F3N3/c1-9-4-3-5-10(8-9)19(2)12-7-6-11(17-18-12)13(14,15)16/h6-7,9-10H,3-5,8H2,1-2H3. The van der Waals surface area contributed by atoms with Gasteiger partial charge in [0, 0.05) is 13.1 Å². The maximum atomic E-state index is 12.4. The van der Waals surface area contributed by atoms with Gasteiger partial charge in [0.05, 0.1) is 0 Å². The van der Waals surface area contributed by atoms with E-state index in [9.17, 15) is 13.2 Å². The van der Waals surface area contributed by atoms with Crippen LogP contribution in [0.3, 0.4) is 0 Å². The molecule has 2 unspecified atom stereocenters. The van der Waals surface area contributed by atoms with Crippen molar-refractivity contribution < 1.29 is 13.2 Å². The van der Waals surface area contributed by atoms with Gasteiger partial charge in [-0.25, -0.2) is 0 Å². The lowest BCUT2D eigenvalue weighted by Crippen LogP contribution is -2.36. The van der Waals surface area contributed by atoms with Crippen molar-refractivity contribution in [3.05, 3.63) is 17.8 Å². The third-order valence-corrected chi connectivity index (χ3v) is 3.76. The average Bonchev–Trinajstić information content (AvgIpc) is 2.37. The van der Waals surface area contributed by atoms with Gasteiger partial charge in [0.2, 0.25) is 0 Å². The van der Waals surface area contributed by atoms with Crippen LogP contribution in [-0.4, -0.2) is 23.3 Å². The van der Waals surface area contributed by atoms with Crippen LogP contribution in [0.25, 0.3) is 0 Å². The largest absolute Gasteiger partial charge is 0.435 e. The first-order valence-corrected chi connectivity index (χ1v) is 6.51. The third-order valence-electron chi connectivity index (χ3n) is 3.76. The maximum Gasteiger partial charge on any atom is 0.435 e. The maximum absolute atomic E-state index is 12.4. The van der Waals surface area contributed by atoms with E-state index >= 15 is 0 Å². The van der Waals surface area contributed by atoms with Crippen LogP contribution in [0.4, 0.5) is 19.0 Å². The Bertz CT molecular complexity index is 416. The van der Waals surface area contributed by atoms with Crippen molar-refractivity contribution in [3.63, 3.8) is 0 Å². The van der Waals surface area contributed by atoms with Crippen molar-refractivity contribution in [2.24, 2.45) is 5.92 Å². The summed E-state index contributed by atoms with van der Waals surface area (Å²) < 4.78 is 37.2. The number of alkyl halides is 3. The van der Waals surface area contributed by atoms with E-state index in [2.05, 4.69) is 17.1 Å². The molecular formula is C13H18F3N3. The summed E-state index contributed by atoms with van der Waals surface area (Å²) in [5.74, 6) is 1.16. The van der Waals surface area contributed by atoms with E-state index in [4.69, 9.17) is 0 Å². The smallest absolute Gasteiger partial charge is 0.355 e. The summed E-state index contributed by atoms with van der Waals surface area (Å²) >= 11 is 0. The van der Waals surface area contributed by atoms with Gasteiger partial charge in [-0.05, 0) is 30.9 Å². The molecule has 1 heterocycles. The molecule has 0 saturated heterocycles. The molecule has 3 nitrogen and oxygen atoms in total. The number of aromatic nitrogens is 2. The summed E-state index contributed by atoms with van der Waals surface area (Å²) in [6, 6.07) is 2.73. The molecule has 1 aliphatic carbocycles. The molecule has 0 aromatic carbocycles. The van der Waals surface area contributed by atoms with E-state index < -0.39 is 11.9 Å². The van der Waals surface area contributed by atoms with Gasteiger partial charge in [-0.1, -0.05) is 19.8 Å². The van der Waals surface area contributed by atoms with E-state index in [-0.39, 0.29) is 0 Å². The predicted molar refractivity (Wildman–Crippen MR) is 66.9 cm³/mol. The van der Waals surface area contributed by atoms with Crippen molar-refractivity contribution in [1.82, 2.24) is 10.2 Å². The summed E-state index contributed by atoms with van der Waals surface area (Å²) in [4.78, 5) is 1.95. The lowest BCUT2D eigenvalue weighted by Gasteiger charge is -2.34. The Balaban J connectivity index is 2.09. The van der Waals surface area contributed by atoms with Gasteiger partial charge in [0.15, 0.2) is 11.5 Å². The SMILES string of the molecule is CC1CCCC(N(C)c2ccc(C(F)(F)F)nn2)C1. The van der Waals surface area contributed by atoms with Crippen LogP contribution in [0.15, 0.2) is 12.1 Å². The number of nitrogens with zero attached hydrogens (tertiary/aromatic N) is 3. The van der Waals surface area contributed by atoms with Gasteiger partial charge in [-0.15, -0.1) is 10.2 Å². The zero-order valence-electron chi connectivity index (χ0n) is 11.1. The first kappa shape index (κ1) is 14.1. The van der Waals surface area contributed by atoms with Crippen LogP contribution in [0.5, 0.6) is 0 Å². The van der Waals surface area contributed by atoms with Crippen LogP contribution in [0, 0.1) is 5.92 Å². The molecule has 0 aliphatic heterocycles. The van der Waals surface area contributed by atoms with Crippen LogP contribution in [0.1, 0.15) is 38.3 Å². The highest BCUT2D eigenvalue weighted by Gasteiger charge is 2.33. The first-order chi connectivity index (χ1) is 8.88. The van der Waals surface area contributed by atoms with Crippen LogP contribution in [-0.2, 0) is 6.18 Å². The Kier molecular flexibility index (Phi) is 3.96. The minimum absolute atomic E-state index is 0.342. The Labute approximate surface area is 110 Å². The van der Waals surface area contributed by atoms with Gasteiger partial charge in [-0.2, -0.15) is 13.2 Å². The minimum Gasteiger partial charge on any atom is -0.355 e. The molecule has 2 rings (SSSR count). The molecule has 0 radical (unpaired) electrons. The van der Waals surface area contributed by atoms with E-state index in [1.165, 1.54) is 12.5 Å². The lowest BCUT2D eigenvalue weighted by molar-refractivity contribution is -0.141. The fraction of sp³-hybridized carbons (Fsp3) is 0.692.